The van der Waals surface area contributed by atoms with Crippen LogP contribution >= 0.6 is 0 Å². The summed E-state index contributed by atoms with van der Waals surface area (Å²) < 4.78 is 5.02. The summed E-state index contributed by atoms with van der Waals surface area (Å²) >= 11 is 0. The lowest BCUT2D eigenvalue weighted by Crippen LogP contribution is -2.47. The van der Waals surface area contributed by atoms with Gasteiger partial charge >= 0.3 is 0 Å². The summed E-state index contributed by atoms with van der Waals surface area (Å²) in [4.78, 5) is 18.1. The number of rotatable bonds is 6. The van der Waals surface area contributed by atoms with Crippen molar-refractivity contribution in [2.24, 2.45) is 10.8 Å². The molecule has 7 heteroatoms. The van der Waals surface area contributed by atoms with Crippen LogP contribution in [-0.2, 0) is 9.53 Å². The maximum Gasteiger partial charge on any atom is 0.224 e. The summed E-state index contributed by atoms with van der Waals surface area (Å²) in [6.45, 7) is 4.73. The second kappa shape index (κ2) is 9.55. The topological polar surface area (TPSA) is 92.0 Å². The number of methoxy groups -OCH3 is 1. The second-order valence-corrected chi connectivity index (χ2v) is 5.07. The third-order valence-corrected chi connectivity index (χ3v) is 3.24. The Labute approximate surface area is 120 Å². The molecule has 0 bridgehead atoms. The van der Waals surface area contributed by atoms with Crippen LogP contribution in [-0.4, -0.2) is 56.2 Å². The largest absolute Gasteiger partial charge is 0.383 e. The number of carbonyl (C=O) groups is 1. The zero-order chi connectivity index (χ0) is 14.8. The Morgan fingerprint density at radius 2 is 2.10 bits per heavy atom. The molecule has 1 atom stereocenters. The number of hydrogen-bond donors (Lipinski definition) is 3. The Bertz CT molecular complexity index is 316. The molecule has 116 valence electrons. The molecule has 1 unspecified atom stereocenters. The van der Waals surface area contributed by atoms with Crippen molar-refractivity contribution in [1.82, 2.24) is 15.6 Å². The minimum atomic E-state index is 0.104. The third-order valence-electron chi connectivity index (χ3n) is 3.24. The van der Waals surface area contributed by atoms with Crippen LogP contribution in [0.5, 0.6) is 0 Å². The van der Waals surface area contributed by atoms with Crippen molar-refractivity contribution < 1.29 is 9.53 Å². The first kappa shape index (κ1) is 16.7. The predicted molar refractivity (Wildman–Crippen MR) is 79.1 cm³/mol. The molecule has 1 heterocycles. The van der Waals surface area contributed by atoms with Gasteiger partial charge in [0.2, 0.25) is 11.9 Å². The first-order valence-corrected chi connectivity index (χ1v) is 7.21. The fraction of sp³-hybridized carbons (Fsp3) is 0.846. The normalized spacial score (nSPS) is 17.8. The van der Waals surface area contributed by atoms with E-state index in [1.165, 1.54) is 6.42 Å². The number of nitrogens with one attached hydrogen (secondary N) is 2. The minimum absolute atomic E-state index is 0.104. The van der Waals surface area contributed by atoms with Gasteiger partial charge in [0.05, 0.1) is 13.2 Å². The molecular formula is C13H27N5O2. The maximum absolute atomic E-state index is 12.0. The van der Waals surface area contributed by atoms with E-state index in [0.29, 0.717) is 25.5 Å². The van der Waals surface area contributed by atoms with E-state index in [1.54, 1.807) is 7.11 Å². The lowest BCUT2D eigenvalue weighted by Gasteiger charge is -2.26. The van der Waals surface area contributed by atoms with Crippen LogP contribution in [0, 0.1) is 0 Å². The number of piperidine rings is 1. The number of aliphatic imine (C=N–C) groups is 1. The number of guanidine groups is 1. The van der Waals surface area contributed by atoms with Crippen LogP contribution in [0.3, 0.4) is 0 Å². The molecule has 1 saturated heterocycles. The minimum Gasteiger partial charge on any atom is -0.383 e. The summed E-state index contributed by atoms with van der Waals surface area (Å²) in [5, 5.41) is 3.08. The number of nitrogens with two attached hydrogens (primary N) is 1. The fourth-order valence-electron chi connectivity index (χ4n) is 2.22. The summed E-state index contributed by atoms with van der Waals surface area (Å²) in [6, 6.07) is 0.104. The molecule has 0 radical (unpaired) electrons. The number of nitrogens with zero attached hydrogens (tertiary/aromatic N) is 2. The van der Waals surface area contributed by atoms with E-state index in [2.05, 4.69) is 15.7 Å². The van der Waals surface area contributed by atoms with E-state index in [4.69, 9.17) is 10.6 Å². The number of hydrazine groups is 1. The molecule has 20 heavy (non-hydrogen) atoms. The van der Waals surface area contributed by atoms with E-state index in [-0.39, 0.29) is 11.9 Å². The van der Waals surface area contributed by atoms with E-state index < -0.39 is 0 Å². The van der Waals surface area contributed by atoms with E-state index in [9.17, 15) is 4.79 Å². The number of likely N-dealkylation sites (tertiary alicyclic amines) is 1. The number of ether oxygens (including phenoxy) is 1. The molecule has 1 fully saturated rings. The van der Waals surface area contributed by atoms with Crippen LogP contribution in [0.4, 0.5) is 0 Å². The summed E-state index contributed by atoms with van der Waals surface area (Å²) in [7, 11) is 1.64. The molecule has 1 rings (SSSR count). The third kappa shape index (κ3) is 6.21. The summed E-state index contributed by atoms with van der Waals surface area (Å²) in [5.41, 5.74) is 2.50. The van der Waals surface area contributed by atoms with Gasteiger partial charge in [-0.05, 0) is 26.2 Å². The van der Waals surface area contributed by atoms with Gasteiger partial charge < -0.3 is 15.0 Å². The van der Waals surface area contributed by atoms with Crippen molar-refractivity contribution in [3.63, 3.8) is 0 Å². The van der Waals surface area contributed by atoms with E-state index in [1.807, 2.05) is 11.8 Å². The van der Waals surface area contributed by atoms with Crippen LogP contribution in [0.1, 0.15) is 32.6 Å². The Balaban J connectivity index is 2.30. The van der Waals surface area contributed by atoms with Crippen LogP contribution in [0.25, 0.3) is 0 Å². The highest BCUT2D eigenvalue weighted by Gasteiger charge is 2.15. The average molecular weight is 285 g/mol. The van der Waals surface area contributed by atoms with Crippen molar-refractivity contribution in [2.45, 2.75) is 38.6 Å². The molecule has 0 spiro atoms. The van der Waals surface area contributed by atoms with Crippen LogP contribution < -0.4 is 16.6 Å². The van der Waals surface area contributed by atoms with Crippen molar-refractivity contribution >= 4 is 11.9 Å². The zero-order valence-electron chi connectivity index (χ0n) is 12.5. The highest BCUT2D eigenvalue weighted by atomic mass is 16.5. The molecule has 4 N–H and O–H groups in total. The van der Waals surface area contributed by atoms with Gasteiger partial charge in [-0.25, -0.2) is 5.84 Å². The SMILES string of the molecule is COCC(C)NC(=NCCC(=O)N1CCCCC1)NN. The van der Waals surface area contributed by atoms with Crippen LogP contribution in [0.15, 0.2) is 4.99 Å². The summed E-state index contributed by atoms with van der Waals surface area (Å²) in [5.74, 6) is 6.06. The molecular weight excluding hydrogens is 258 g/mol. The first-order valence-electron chi connectivity index (χ1n) is 7.21. The molecule has 1 aliphatic rings. The Morgan fingerprint density at radius 1 is 1.40 bits per heavy atom. The Kier molecular flexibility index (Phi) is 7.98. The molecule has 1 amide bonds. The van der Waals surface area contributed by atoms with Crippen LogP contribution in [0.2, 0.25) is 0 Å². The second-order valence-electron chi connectivity index (χ2n) is 5.07. The van der Waals surface area contributed by atoms with E-state index >= 15 is 0 Å². The number of amides is 1. The molecule has 0 aromatic heterocycles. The predicted octanol–water partition coefficient (Wildman–Crippen LogP) is -0.167. The fourth-order valence-corrected chi connectivity index (χ4v) is 2.22. The van der Waals surface area contributed by atoms with E-state index in [0.717, 1.165) is 25.9 Å². The van der Waals surface area contributed by atoms with Gasteiger partial charge in [-0.2, -0.15) is 0 Å². The molecule has 1 aliphatic heterocycles. The van der Waals surface area contributed by atoms with Gasteiger partial charge in [0.1, 0.15) is 0 Å². The molecule has 0 saturated carbocycles. The zero-order valence-corrected chi connectivity index (χ0v) is 12.5. The van der Waals surface area contributed by atoms with Crippen molar-refractivity contribution in [3.8, 4) is 0 Å². The monoisotopic (exact) mass is 285 g/mol. The standard InChI is InChI=1S/C13H27N5O2/c1-11(10-20-2)16-13(17-14)15-7-6-12(19)18-8-4-3-5-9-18/h11H,3-10,14H2,1-2H3,(H2,15,16,17). The summed E-state index contributed by atoms with van der Waals surface area (Å²) in [6.07, 6.45) is 3.87. The smallest absolute Gasteiger partial charge is 0.224 e. The molecule has 0 aromatic carbocycles. The highest BCUT2D eigenvalue weighted by Crippen LogP contribution is 2.09. The van der Waals surface area contributed by atoms with Gasteiger partial charge in [-0.3, -0.25) is 15.2 Å². The molecule has 0 aromatic rings. The molecule has 0 aliphatic carbocycles. The van der Waals surface area contributed by atoms with Gasteiger partial charge in [0, 0.05) is 32.7 Å². The van der Waals surface area contributed by atoms with Gasteiger partial charge in [-0.1, -0.05) is 0 Å². The molecule has 7 nitrogen and oxygen atoms in total. The van der Waals surface area contributed by atoms with Gasteiger partial charge in [-0.15, -0.1) is 0 Å². The maximum atomic E-state index is 12.0. The van der Waals surface area contributed by atoms with Crippen molar-refractivity contribution in [1.29, 1.82) is 0 Å². The van der Waals surface area contributed by atoms with Gasteiger partial charge in [0.15, 0.2) is 0 Å². The lowest BCUT2D eigenvalue weighted by molar-refractivity contribution is -0.131. The van der Waals surface area contributed by atoms with Gasteiger partial charge in [0.25, 0.3) is 0 Å². The van der Waals surface area contributed by atoms with Crippen molar-refractivity contribution in [2.75, 3.05) is 33.4 Å². The number of carbonyl (C=O) groups excluding carboxylic acids is 1. The first-order chi connectivity index (χ1) is 9.67. The quantitative estimate of drug-likeness (QED) is 0.273. The number of hydrogen-bond acceptors (Lipinski definition) is 4. The average Bonchev–Trinajstić information content (AvgIpc) is 2.47. The highest BCUT2D eigenvalue weighted by molar-refractivity contribution is 5.80. The Morgan fingerprint density at radius 3 is 2.70 bits per heavy atom. The van der Waals surface area contributed by atoms with Crippen molar-refractivity contribution in [3.05, 3.63) is 0 Å². The Hall–Kier alpha value is -1.34. The lowest BCUT2D eigenvalue weighted by atomic mass is 10.1.